The van der Waals surface area contributed by atoms with Gasteiger partial charge in [-0.15, -0.1) is 11.3 Å². The van der Waals surface area contributed by atoms with E-state index in [0.29, 0.717) is 0 Å². The van der Waals surface area contributed by atoms with E-state index in [1.54, 1.807) is 0 Å². The highest BCUT2D eigenvalue weighted by Crippen LogP contribution is 2.64. The first-order chi connectivity index (χ1) is 27.3. The predicted molar refractivity (Wildman–Crippen MR) is 232 cm³/mol. The lowest BCUT2D eigenvalue weighted by Gasteiger charge is -2.43. The summed E-state index contributed by atoms with van der Waals surface area (Å²) in [6.45, 7) is 0.0961. The zero-order valence-electron chi connectivity index (χ0n) is 29.8. The van der Waals surface area contributed by atoms with E-state index in [9.17, 15) is 0 Å². The van der Waals surface area contributed by atoms with Gasteiger partial charge in [-0.3, -0.25) is 0 Å². The van der Waals surface area contributed by atoms with Gasteiger partial charge in [-0.25, -0.2) is 0 Å². The van der Waals surface area contributed by atoms with Crippen LogP contribution in [0.3, 0.4) is 0 Å². The van der Waals surface area contributed by atoms with Crippen molar-refractivity contribution in [3.63, 3.8) is 0 Å². The van der Waals surface area contributed by atoms with Crippen LogP contribution in [0.25, 0.3) is 32.3 Å². The number of nitrogens with zero attached hydrogens (tertiary/aromatic N) is 2. The highest BCUT2D eigenvalue weighted by Gasteiger charge is 2.52. The minimum atomic E-state index is -0.374. The van der Waals surface area contributed by atoms with Crippen molar-refractivity contribution in [1.29, 1.82) is 0 Å². The molecule has 0 saturated carbocycles. The SMILES string of the molecule is c1ccc(N2c3ccccc3B3c4sc5cc6c(cc5c4N(c4ccccc4)c4cccc2c43)-c2ccccc2C62c3ccccc3-c3ccccc32)cc1. The monoisotopic (exact) mass is 714 g/mol. The van der Waals surface area contributed by atoms with Crippen LogP contribution < -0.4 is 25.5 Å². The lowest BCUT2D eigenvalue weighted by Crippen LogP contribution is -2.60. The Kier molecular flexibility index (Phi) is 5.82. The molecule has 8 aromatic carbocycles. The van der Waals surface area contributed by atoms with E-state index in [4.69, 9.17) is 0 Å². The van der Waals surface area contributed by atoms with E-state index in [0.717, 1.165) is 0 Å². The van der Waals surface area contributed by atoms with Crippen molar-refractivity contribution in [2.45, 2.75) is 5.41 Å². The molecule has 0 bridgehead atoms. The van der Waals surface area contributed by atoms with E-state index >= 15 is 0 Å². The zero-order chi connectivity index (χ0) is 35.8. The molecule has 0 amide bonds. The van der Waals surface area contributed by atoms with E-state index in [1.807, 2.05) is 11.3 Å². The van der Waals surface area contributed by atoms with Gasteiger partial charge in [0.2, 0.25) is 0 Å². The molecular weight excluding hydrogens is 683 g/mol. The fourth-order valence-corrected chi connectivity index (χ4v) is 12.0. The minimum absolute atomic E-state index is 0.0961. The minimum Gasteiger partial charge on any atom is -0.311 e. The van der Waals surface area contributed by atoms with Crippen LogP contribution in [0.4, 0.5) is 34.1 Å². The van der Waals surface area contributed by atoms with Gasteiger partial charge in [0, 0.05) is 43.3 Å². The molecule has 0 N–H and O–H groups in total. The molecular formula is C51H31BN2S. The summed E-state index contributed by atoms with van der Waals surface area (Å²) in [6, 6.07) is 70.3. The second kappa shape index (κ2) is 10.8. The molecule has 0 fully saturated rings. The maximum atomic E-state index is 2.58. The first-order valence-corrected chi connectivity index (χ1v) is 20.0. The third-order valence-corrected chi connectivity index (χ3v) is 13.8. The Hall–Kier alpha value is -6.62. The molecule has 254 valence electrons. The summed E-state index contributed by atoms with van der Waals surface area (Å²) in [5.41, 5.74) is 20.6. The van der Waals surface area contributed by atoms with Gasteiger partial charge in [-0.05, 0) is 110 Å². The van der Waals surface area contributed by atoms with Gasteiger partial charge >= 0.3 is 0 Å². The van der Waals surface area contributed by atoms with Crippen LogP contribution in [0.1, 0.15) is 22.3 Å². The number of hydrogen-bond acceptors (Lipinski definition) is 3. The lowest BCUT2D eigenvalue weighted by atomic mass is 9.36. The molecule has 55 heavy (non-hydrogen) atoms. The summed E-state index contributed by atoms with van der Waals surface area (Å²) >= 11 is 1.99. The Labute approximate surface area is 324 Å². The lowest BCUT2D eigenvalue weighted by molar-refractivity contribution is 0.795. The molecule has 0 unspecified atom stereocenters. The number of rotatable bonds is 2. The van der Waals surface area contributed by atoms with Crippen LogP contribution in [0.2, 0.25) is 0 Å². The molecule has 2 aliphatic heterocycles. The topological polar surface area (TPSA) is 6.48 Å². The van der Waals surface area contributed by atoms with Gasteiger partial charge in [0.05, 0.1) is 11.1 Å². The maximum absolute atomic E-state index is 2.58. The molecule has 4 heteroatoms. The van der Waals surface area contributed by atoms with Crippen LogP contribution in [0.15, 0.2) is 188 Å². The van der Waals surface area contributed by atoms with E-state index in [2.05, 4.69) is 198 Å². The largest absolute Gasteiger partial charge is 0.311 e. The fraction of sp³-hybridized carbons (Fsp3) is 0.0196. The molecule has 2 nitrogen and oxygen atoms in total. The second-order valence-electron chi connectivity index (χ2n) is 15.1. The third-order valence-electron chi connectivity index (χ3n) is 12.6. The van der Waals surface area contributed by atoms with E-state index in [1.165, 1.54) is 104 Å². The smallest absolute Gasteiger partial charge is 0.264 e. The van der Waals surface area contributed by atoms with Crippen molar-refractivity contribution in [2.75, 3.05) is 9.80 Å². The predicted octanol–water partition coefficient (Wildman–Crippen LogP) is 11.3. The fourth-order valence-electron chi connectivity index (χ4n) is 10.7. The van der Waals surface area contributed by atoms with Gasteiger partial charge in [-0.1, -0.05) is 133 Å². The Morgan fingerprint density at radius 2 is 0.927 bits per heavy atom. The summed E-state index contributed by atoms with van der Waals surface area (Å²) in [6.07, 6.45) is 0. The number of para-hydroxylation sites is 3. The number of fused-ring (bicyclic) bond motifs is 16. The van der Waals surface area contributed by atoms with Crippen LogP contribution >= 0.6 is 11.3 Å². The van der Waals surface area contributed by atoms with Crippen LogP contribution in [-0.4, -0.2) is 6.71 Å². The average molecular weight is 715 g/mol. The number of anilines is 6. The van der Waals surface area contributed by atoms with Gasteiger partial charge in [0.1, 0.15) is 0 Å². The van der Waals surface area contributed by atoms with Gasteiger partial charge < -0.3 is 9.80 Å². The standard InChI is InChI=1S/C51H31BN2S/c1-3-16-32(17-4-1)53-44-27-14-13-26-43(44)52-48-45(53)28-15-29-46(48)54(33-18-5-2-6-19-33)49-38-30-37-36-22-9-12-25-41(36)51(42(37)31-47(38)55-50(49)52)39-23-10-7-20-34(39)35-21-8-11-24-40(35)51/h1-31H. The Morgan fingerprint density at radius 1 is 0.418 bits per heavy atom. The Bertz CT molecular complexity index is 3030. The van der Waals surface area contributed by atoms with Crippen molar-refractivity contribution in [3.8, 4) is 22.3 Å². The van der Waals surface area contributed by atoms with Gasteiger partial charge in [0.25, 0.3) is 6.71 Å². The summed E-state index contributed by atoms with van der Waals surface area (Å²) < 4.78 is 2.73. The summed E-state index contributed by atoms with van der Waals surface area (Å²) in [5.74, 6) is 0. The molecule has 3 heterocycles. The van der Waals surface area contributed by atoms with E-state index in [-0.39, 0.29) is 12.1 Å². The van der Waals surface area contributed by atoms with Crippen LogP contribution in [-0.2, 0) is 5.41 Å². The molecule has 0 radical (unpaired) electrons. The summed E-state index contributed by atoms with van der Waals surface area (Å²) in [7, 11) is 0. The van der Waals surface area contributed by atoms with Crippen molar-refractivity contribution in [1.82, 2.24) is 0 Å². The second-order valence-corrected chi connectivity index (χ2v) is 16.2. The highest BCUT2D eigenvalue weighted by molar-refractivity contribution is 7.33. The van der Waals surface area contributed by atoms with Gasteiger partial charge in [0.15, 0.2) is 0 Å². The first kappa shape index (κ1) is 29.8. The third kappa shape index (κ3) is 3.66. The summed E-state index contributed by atoms with van der Waals surface area (Å²) in [5, 5.41) is 1.31. The number of thiophene rings is 1. The van der Waals surface area contributed by atoms with Crippen LogP contribution in [0, 0.1) is 0 Å². The average Bonchev–Trinajstić information content (AvgIpc) is 3.87. The van der Waals surface area contributed by atoms with E-state index < -0.39 is 0 Å². The van der Waals surface area contributed by atoms with Crippen molar-refractivity contribution in [3.05, 3.63) is 210 Å². The molecule has 9 aromatic rings. The summed E-state index contributed by atoms with van der Waals surface area (Å²) in [4.78, 5) is 5.03. The Morgan fingerprint density at radius 3 is 1.58 bits per heavy atom. The highest BCUT2D eigenvalue weighted by atomic mass is 32.1. The quantitative estimate of drug-likeness (QED) is 0.165. The number of hydrogen-bond donors (Lipinski definition) is 0. The van der Waals surface area contributed by atoms with Gasteiger partial charge in [-0.2, -0.15) is 0 Å². The molecule has 0 atom stereocenters. The normalized spacial score (nSPS) is 14.6. The number of benzene rings is 8. The molecule has 2 aliphatic carbocycles. The molecule has 4 aliphatic rings. The molecule has 13 rings (SSSR count). The van der Waals surface area contributed by atoms with Crippen molar-refractivity contribution >= 4 is 78.0 Å². The van der Waals surface area contributed by atoms with Crippen molar-refractivity contribution < 1.29 is 0 Å². The zero-order valence-corrected chi connectivity index (χ0v) is 30.6. The van der Waals surface area contributed by atoms with Crippen LogP contribution in [0.5, 0.6) is 0 Å². The maximum Gasteiger partial charge on any atom is 0.264 e. The molecule has 1 spiro atoms. The van der Waals surface area contributed by atoms with Crippen molar-refractivity contribution in [2.24, 2.45) is 0 Å². The molecule has 0 saturated heterocycles. The first-order valence-electron chi connectivity index (χ1n) is 19.1. The Balaban J connectivity index is 1.14. The molecule has 1 aromatic heterocycles.